The quantitative estimate of drug-likeness (QED) is 0.207. The average molecular weight is 556 g/mol. The summed E-state index contributed by atoms with van der Waals surface area (Å²) in [4.78, 5) is 0. The SMILES string of the molecule is CC1(C)c2cccc3oc4ccc5sc6cc(-c7ccc8c(c7)c7ccccc7n8-c7ccccc7)cc1c6c5c4c23. The molecular formula is C39H25NOS. The summed E-state index contributed by atoms with van der Waals surface area (Å²) in [7, 11) is 0. The molecule has 0 radical (unpaired) electrons. The van der Waals surface area contributed by atoms with Gasteiger partial charge >= 0.3 is 0 Å². The molecule has 0 saturated heterocycles. The molecule has 0 amide bonds. The monoisotopic (exact) mass is 555 g/mol. The first-order valence-electron chi connectivity index (χ1n) is 14.5. The molecule has 42 heavy (non-hydrogen) atoms. The van der Waals surface area contributed by atoms with Gasteiger partial charge in [0.1, 0.15) is 11.2 Å². The van der Waals surface area contributed by atoms with Crippen LogP contribution < -0.4 is 0 Å². The van der Waals surface area contributed by atoms with Crippen LogP contribution in [0.15, 0.2) is 120 Å². The van der Waals surface area contributed by atoms with Gasteiger partial charge in [0.2, 0.25) is 0 Å². The number of hydrogen-bond acceptors (Lipinski definition) is 2. The number of fused-ring (bicyclic) bond motifs is 3. The average Bonchev–Trinajstić information content (AvgIpc) is 3.67. The Labute approximate surface area is 246 Å². The van der Waals surface area contributed by atoms with Crippen LogP contribution in [0.5, 0.6) is 0 Å². The van der Waals surface area contributed by atoms with Crippen molar-refractivity contribution in [1.29, 1.82) is 0 Å². The standard InChI is InChI=1S/C39H25NOS/c1-39(2)27-12-8-14-31-35(27)37-32(41-31)17-18-33-38(37)36-28(39)20-23(21-34(36)42-33)22-15-16-30-26(19-22)25-11-6-7-13-29(25)40(30)24-9-4-3-5-10-24/h3-21H,1-2H3. The molecule has 3 heterocycles. The van der Waals surface area contributed by atoms with E-state index in [1.165, 1.54) is 80.7 Å². The molecule has 0 unspecified atom stereocenters. The summed E-state index contributed by atoms with van der Waals surface area (Å²) < 4.78 is 11.4. The van der Waals surface area contributed by atoms with Crippen LogP contribution >= 0.6 is 11.3 Å². The number of benzene rings is 6. The lowest BCUT2D eigenvalue weighted by Crippen LogP contribution is -2.19. The maximum absolute atomic E-state index is 6.39. The Morgan fingerprint density at radius 2 is 1.36 bits per heavy atom. The lowest BCUT2D eigenvalue weighted by Gasteiger charge is -2.27. The Bertz CT molecular complexity index is 2590. The number of nitrogens with zero attached hydrogens (tertiary/aromatic N) is 1. The Kier molecular flexibility index (Phi) is 4.18. The Morgan fingerprint density at radius 3 is 2.26 bits per heavy atom. The molecule has 3 heteroatoms. The largest absolute Gasteiger partial charge is 0.456 e. The number of aromatic nitrogens is 1. The molecule has 9 aromatic rings. The molecule has 0 N–H and O–H groups in total. The van der Waals surface area contributed by atoms with Crippen molar-refractivity contribution >= 4 is 75.3 Å². The maximum Gasteiger partial charge on any atom is 0.136 e. The number of furan rings is 1. The van der Waals surface area contributed by atoms with Crippen LogP contribution in [-0.4, -0.2) is 4.57 Å². The van der Waals surface area contributed by atoms with Gasteiger partial charge in [-0.1, -0.05) is 68.4 Å². The molecular weight excluding hydrogens is 531 g/mol. The zero-order valence-corrected chi connectivity index (χ0v) is 24.0. The lowest BCUT2D eigenvalue weighted by atomic mass is 9.75. The molecule has 1 aliphatic carbocycles. The van der Waals surface area contributed by atoms with Crippen molar-refractivity contribution in [1.82, 2.24) is 4.57 Å². The van der Waals surface area contributed by atoms with Gasteiger partial charge in [-0.3, -0.25) is 0 Å². The van der Waals surface area contributed by atoms with E-state index in [9.17, 15) is 0 Å². The third-order valence-electron chi connectivity index (χ3n) is 9.56. The lowest BCUT2D eigenvalue weighted by molar-refractivity contribution is 0.647. The molecule has 3 aromatic heterocycles. The van der Waals surface area contributed by atoms with E-state index in [1.54, 1.807) is 0 Å². The first-order valence-corrected chi connectivity index (χ1v) is 15.3. The Balaban J connectivity index is 1.29. The molecule has 0 fully saturated rings. The molecule has 2 nitrogen and oxygen atoms in total. The second-order valence-corrected chi connectivity index (χ2v) is 13.2. The van der Waals surface area contributed by atoms with E-state index in [4.69, 9.17) is 4.42 Å². The fourth-order valence-corrected chi connectivity index (χ4v) is 8.81. The molecule has 198 valence electrons. The number of hydrogen-bond donors (Lipinski definition) is 0. The van der Waals surface area contributed by atoms with Gasteiger partial charge in [0.25, 0.3) is 0 Å². The van der Waals surface area contributed by atoms with Crippen molar-refractivity contribution in [2.24, 2.45) is 0 Å². The van der Waals surface area contributed by atoms with E-state index < -0.39 is 0 Å². The van der Waals surface area contributed by atoms with Crippen LogP contribution in [0, 0.1) is 0 Å². The van der Waals surface area contributed by atoms with Gasteiger partial charge in [-0.15, -0.1) is 11.3 Å². The van der Waals surface area contributed by atoms with E-state index in [1.807, 2.05) is 11.3 Å². The highest BCUT2D eigenvalue weighted by atomic mass is 32.1. The fraction of sp³-hybridized carbons (Fsp3) is 0.0769. The number of para-hydroxylation sites is 2. The molecule has 0 aliphatic heterocycles. The second-order valence-electron chi connectivity index (χ2n) is 12.1. The van der Waals surface area contributed by atoms with Gasteiger partial charge < -0.3 is 8.98 Å². The normalized spacial score (nSPS) is 14.1. The molecule has 0 atom stereocenters. The van der Waals surface area contributed by atoms with Gasteiger partial charge in [-0.05, 0) is 82.9 Å². The highest BCUT2D eigenvalue weighted by Crippen LogP contribution is 2.53. The minimum absolute atomic E-state index is 0.189. The highest BCUT2D eigenvalue weighted by Gasteiger charge is 2.34. The smallest absolute Gasteiger partial charge is 0.136 e. The minimum atomic E-state index is -0.189. The first-order chi connectivity index (χ1) is 20.6. The summed E-state index contributed by atoms with van der Waals surface area (Å²) in [5, 5.41) is 7.85. The van der Waals surface area contributed by atoms with Gasteiger partial charge in [-0.2, -0.15) is 0 Å². The summed E-state index contributed by atoms with van der Waals surface area (Å²) in [5.41, 5.74) is 10.7. The topological polar surface area (TPSA) is 18.1 Å². The molecule has 10 rings (SSSR count). The van der Waals surface area contributed by atoms with Crippen LogP contribution in [0.2, 0.25) is 0 Å². The van der Waals surface area contributed by atoms with Gasteiger partial charge in [0, 0.05) is 52.8 Å². The summed E-state index contributed by atoms with van der Waals surface area (Å²) >= 11 is 1.90. The zero-order chi connectivity index (χ0) is 27.7. The van der Waals surface area contributed by atoms with E-state index in [-0.39, 0.29) is 5.41 Å². The van der Waals surface area contributed by atoms with Crippen LogP contribution in [0.25, 0.3) is 80.7 Å². The van der Waals surface area contributed by atoms with Crippen molar-refractivity contribution in [2.75, 3.05) is 0 Å². The summed E-state index contributed by atoms with van der Waals surface area (Å²) in [6.07, 6.45) is 0. The molecule has 0 bridgehead atoms. The van der Waals surface area contributed by atoms with Crippen LogP contribution in [0.4, 0.5) is 0 Å². The second kappa shape index (κ2) is 7.70. The van der Waals surface area contributed by atoms with Gasteiger partial charge in [-0.25, -0.2) is 0 Å². The predicted molar refractivity (Wildman–Crippen MR) is 179 cm³/mol. The Morgan fingerprint density at radius 1 is 0.548 bits per heavy atom. The van der Waals surface area contributed by atoms with E-state index in [2.05, 4.69) is 134 Å². The third kappa shape index (κ3) is 2.75. The fourth-order valence-electron chi connectivity index (χ4n) is 7.63. The van der Waals surface area contributed by atoms with Crippen molar-refractivity contribution in [2.45, 2.75) is 19.3 Å². The van der Waals surface area contributed by atoms with E-state index >= 15 is 0 Å². The summed E-state index contributed by atoms with van der Waals surface area (Å²) in [6.45, 7) is 4.76. The van der Waals surface area contributed by atoms with Gasteiger partial charge in [0.15, 0.2) is 0 Å². The molecule has 6 aromatic carbocycles. The van der Waals surface area contributed by atoms with Crippen LogP contribution in [0.1, 0.15) is 25.0 Å². The third-order valence-corrected chi connectivity index (χ3v) is 10.7. The molecule has 0 saturated carbocycles. The minimum Gasteiger partial charge on any atom is -0.456 e. The molecule has 0 spiro atoms. The Hall–Kier alpha value is -4.86. The summed E-state index contributed by atoms with van der Waals surface area (Å²) in [5.74, 6) is 0. The van der Waals surface area contributed by atoms with Crippen molar-refractivity contribution in [3.8, 4) is 16.8 Å². The first kappa shape index (κ1) is 22.8. The maximum atomic E-state index is 6.39. The number of rotatable bonds is 2. The van der Waals surface area contributed by atoms with Crippen molar-refractivity contribution < 1.29 is 4.42 Å². The van der Waals surface area contributed by atoms with Crippen LogP contribution in [0.3, 0.4) is 0 Å². The van der Waals surface area contributed by atoms with Gasteiger partial charge in [0.05, 0.1) is 11.0 Å². The molecule has 1 aliphatic rings. The predicted octanol–water partition coefficient (Wildman–Crippen LogP) is 11.4. The van der Waals surface area contributed by atoms with Crippen molar-refractivity contribution in [3.05, 3.63) is 126 Å². The van der Waals surface area contributed by atoms with E-state index in [0.717, 1.165) is 11.2 Å². The van der Waals surface area contributed by atoms with Crippen LogP contribution in [-0.2, 0) is 5.41 Å². The van der Waals surface area contributed by atoms with Crippen molar-refractivity contribution in [3.63, 3.8) is 0 Å². The zero-order valence-electron chi connectivity index (χ0n) is 23.2. The van der Waals surface area contributed by atoms with E-state index in [0.29, 0.717) is 0 Å². The highest BCUT2D eigenvalue weighted by molar-refractivity contribution is 7.26. The summed E-state index contributed by atoms with van der Waals surface area (Å²) in [6, 6.07) is 42.3. The number of thiophene rings is 1.